The second kappa shape index (κ2) is 4.68. The third-order valence-electron chi connectivity index (χ3n) is 2.33. The standard InChI is InChI=1S/C13H13N3/c1-10-6-8-11(9-7-10)15-16-13-5-3-2-4-12(13)14/h2-9,14-15H,1H3/p+1. The fourth-order valence-electron chi connectivity index (χ4n) is 1.38. The number of nitrogens with two attached hydrogens (primary N) is 1. The van der Waals surface area contributed by atoms with Gasteiger partial charge in [-0.15, -0.1) is 0 Å². The van der Waals surface area contributed by atoms with Crippen LogP contribution in [0.2, 0.25) is 0 Å². The number of hydrogen-bond acceptors (Lipinski definition) is 2. The van der Waals surface area contributed by atoms with Crippen LogP contribution in [0, 0.1) is 12.3 Å². The van der Waals surface area contributed by atoms with E-state index in [9.17, 15) is 0 Å². The molecule has 0 bridgehead atoms. The van der Waals surface area contributed by atoms with Gasteiger partial charge in [0.25, 0.3) is 0 Å². The molecule has 0 unspecified atom stereocenters. The molecule has 3 heteroatoms. The molecule has 0 heterocycles. The van der Waals surface area contributed by atoms with E-state index < -0.39 is 0 Å². The van der Waals surface area contributed by atoms with Gasteiger partial charge in [0.05, 0.1) is 5.71 Å². The maximum absolute atomic E-state index is 7.66. The van der Waals surface area contributed by atoms with E-state index in [0.29, 0.717) is 11.4 Å². The molecule has 1 aliphatic rings. The van der Waals surface area contributed by atoms with Gasteiger partial charge in [-0.3, -0.25) is 5.41 Å². The normalized spacial score (nSPS) is 17.1. The Morgan fingerprint density at radius 1 is 1.06 bits per heavy atom. The van der Waals surface area contributed by atoms with Gasteiger partial charge in [0.15, 0.2) is 5.69 Å². The predicted octanol–water partition coefficient (Wildman–Crippen LogP) is 1.69. The van der Waals surface area contributed by atoms with E-state index in [2.05, 4.69) is 12.0 Å². The molecule has 0 radical (unpaired) electrons. The van der Waals surface area contributed by atoms with Gasteiger partial charge in [-0.2, -0.15) is 5.43 Å². The number of benzene rings is 1. The molecule has 16 heavy (non-hydrogen) atoms. The first-order chi connectivity index (χ1) is 7.75. The van der Waals surface area contributed by atoms with Crippen LogP contribution in [0.3, 0.4) is 0 Å². The molecule has 0 amide bonds. The summed E-state index contributed by atoms with van der Waals surface area (Å²) in [6, 6.07) is 8.14. The molecule has 1 aliphatic carbocycles. The van der Waals surface area contributed by atoms with E-state index in [1.54, 1.807) is 11.5 Å². The molecule has 3 N–H and O–H groups in total. The number of hydrogen-bond donors (Lipinski definition) is 2. The lowest BCUT2D eigenvalue weighted by atomic mass is 10.1. The fraction of sp³-hybridized carbons (Fsp3) is 0.0769. The molecular weight excluding hydrogens is 198 g/mol. The Morgan fingerprint density at radius 2 is 1.75 bits per heavy atom. The Labute approximate surface area is 94.7 Å². The molecule has 1 aromatic carbocycles. The van der Waals surface area contributed by atoms with Gasteiger partial charge in [0.2, 0.25) is 0 Å². The minimum absolute atomic E-state index is 0.450. The predicted molar refractivity (Wildman–Crippen MR) is 66.2 cm³/mol. The van der Waals surface area contributed by atoms with Crippen molar-refractivity contribution >= 4 is 17.1 Å². The van der Waals surface area contributed by atoms with Gasteiger partial charge < -0.3 is 0 Å². The summed E-state index contributed by atoms with van der Waals surface area (Å²) in [6.45, 7) is 2.06. The summed E-state index contributed by atoms with van der Waals surface area (Å²) in [5.74, 6) is 0. The third kappa shape index (κ3) is 2.52. The Kier molecular flexibility index (Phi) is 3.08. The molecule has 1 aromatic rings. The van der Waals surface area contributed by atoms with Crippen molar-refractivity contribution in [3.8, 4) is 0 Å². The molecule has 0 saturated carbocycles. The second-order valence-electron chi connectivity index (χ2n) is 3.69. The summed E-state index contributed by atoms with van der Waals surface area (Å²) in [7, 11) is 0. The number of quaternary nitrogens is 1. The van der Waals surface area contributed by atoms with Gasteiger partial charge >= 0.3 is 0 Å². The molecule has 2 rings (SSSR count). The van der Waals surface area contributed by atoms with Crippen molar-refractivity contribution < 1.29 is 5.43 Å². The van der Waals surface area contributed by atoms with Crippen LogP contribution in [0.25, 0.3) is 0 Å². The van der Waals surface area contributed by atoms with Crippen LogP contribution in [0.15, 0.2) is 53.7 Å². The summed E-state index contributed by atoms with van der Waals surface area (Å²) < 4.78 is 0. The van der Waals surface area contributed by atoms with Crippen molar-refractivity contribution in [2.75, 3.05) is 0 Å². The summed E-state index contributed by atoms with van der Waals surface area (Å²) in [6.07, 6.45) is 7.31. The van der Waals surface area contributed by atoms with Crippen molar-refractivity contribution in [2.45, 2.75) is 6.92 Å². The fourth-order valence-corrected chi connectivity index (χ4v) is 1.38. The summed E-state index contributed by atoms with van der Waals surface area (Å²) in [5.41, 5.74) is 5.22. The Hall–Kier alpha value is -2.00. The molecule has 0 atom stereocenters. The van der Waals surface area contributed by atoms with E-state index in [-0.39, 0.29) is 0 Å². The first-order valence-corrected chi connectivity index (χ1v) is 5.17. The Balaban J connectivity index is 2.09. The Morgan fingerprint density at radius 3 is 2.44 bits per heavy atom. The zero-order valence-electron chi connectivity index (χ0n) is 9.14. The highest BCUT2D eigenvalue weighted by Crippen LogP contribution is 2.02. The maximum Gasteiger partial charge on any atom is 0.155 e. The highest BCUT2D eigenvalue weighted by Gasteiger charge is 2.05. The monoisotopic (exact) mass is 212 g/mol. The number of allylic oxidation sites excluding steroid dienone is 4. The lowest BCUT2D eigenvalue weighted by Gasteiger charge is -2.00. The minimum atomic E-state index is 0.450. The largest absolute Gasteiger partial charge is 0.298 e. The first-order valence-electron chi connectivity index (χ1n) is 5.17. The highest BCUT2D eigenvalue weighted by molar-refractivity contribution is 6.49. The first kappa shape index (κ1) is 10.5. The van der Waals surface area contributed by atoms with Crippen LogP contribution in [-0.2, 0) is 0 Å². The van der Waals surface area contributed by atoms with Crippen LogP contribution in [0.4, 0.5) is 5.69 Å². The SMILES string of the molecule is Cc1ccc([NH2+]N=C2C=CC=CC2=N)cc1. The minimum Gasteiger partial charge on any atom is -0.298 e. The van der Waals surface area contributed by atoms with Crippen molar-refractivity contribution in [3.63, 3.8) is 0 Å². The van der Waals surface area contributed by atoms with Gasteiger partial charge in [-0.1, -0.05) is 34.9 Å². The Bertz CT molecular complexity index is 478. The average molecular weight is 212 g/mol. The summed E-state index contributed by atoms with van der Waals surface area (Å²) in [4.78, 5) is 0. The highest BCUT2D eigenvalue weighted by atomic mass is 15.3. The topological polar surface area (TPSA) is 52.8 Å². The van der Waals surface area contributed by atoms with Crippen molar-refractivity contribution in [1.29, 1.82) is 5.41 Å². The molecule has 0 saturated heterocycles. The summed E-state index contributed by atoms with van der Waals surface area (Å²) in [5, 5.41) is 12.0. The number of nitrogens with zero attached hydrogens (tertiary/aromatic N) is 1. The van der Waals surface area contributed by atoms with Crippen LogP contribution >= 0.6 is 0 Å². The van der Waals surface area contributed by atoms with Crippen LogP contribution < -0.4 is 5.43 Å². The molecule has 0 aliphatic heterocycles. The van der Waals surface area contributed by atoms with E-state index in [1.807, 2.05) is 42.5 Å². The average Bonchev–Trinajstić information content (AvgIpc) is 2.30. The molecule has 0 spiro atoms. The van der Waals surface area contributed by atoms with Crippen LogP contribution in [-0.4, -0.2) is 11.4 Å². The van der Waals surface area contributed by atoms with Crippen molar-refractivity contribution in [2.24, 2.45) is 5.10 Å². The van der Waals surface area contributed by atoms with E-state index in [0.717, 1.165) is 5.69 Å². The molecule has 3 nitrogen and oxygen atoms in total. The third-order valence-corrected chi connectivity index (χ3v) is 2.33. The smallest absolute Gasteiger partial charge is 0.155 e. The number of aryl methyl sites for hydroxylation is 1. The molecule has 0 fully saturated rings. The van der Waals surface area contributed by atoms with Crippen LogP contribution in [0.5, 0.6) is 0 Å². The van der Waals surface area contributed by atoms with E-state index >= 15 is 0 Å². The van der Waals surface area contributed by atoms with E-state index in [1.165, 1.54) is 5.56 Å². The van der Waals surface area contributed by atoms with Crippen molar-refractivity contribution in [1.82, 2.24) is 0 Å². The van der Waals surface area contributed by atoms with Gasteiger partial charge in [0, 0.05) is 12.1 Å². The molecule has 80 valence electrons. The zero-order chi connectivity index (χ0) is 11.4. The van der Waals surface area contributed by atoms with Gasteiger partial charge in [-0.25, -0.2) is 0 Å². The number of rotatable bonds is 2. The lowest BCUT2D eigenvalue weighted by molar-refractivity contribution is -0.577. The zero-order valence-corrected chi connectivity index (χ0v) is 9.14. The number of nitrogens with one attached hydrogen (secondary N) is 1. The quantitative estimate of drug-likeness (QED) is 0.324. The van der Waals surface area contributed by atoms with Gasteiger partial charge in [0.1, 0.15) is 5.71 Å². The van der Waals surface area contributed by atoms with Gasteiger partial charge in [-0.05, 0) is 19.1 Å². The molecular formula is C13H14N3+. The summed E-state index contributed by atoms with van der Waals surface area (Å²) >= 11 is 0. The second-order valence-corrected chi connectivity index (χ2v) is 3.69. The lowest BCUT2D eigenvalue weighted by Crippen LogP contribution is -2.71. The van der Waals surface area contributed by atoms with E-state index in [4.69, 9.17) is 5.41 Å². The van der Waals surface area contributed by atoms with Crippen molar-refractivity contribution in [3.05, 3.63) is 54.1 Å². The maximum atomic E-state index is 7.66. The molecule has 0 aromatic heterocycles. The van der Waals surface area contributed by atoms with Crippen LogP contribution in [0.1, 0.15) is 5.56 Å².